The van der Waals surface area contributed by atoms with E-state index in [2.05, 4.69) is 12.2 Å². The molecule has 1 aliphatic rings. The van der Waals surface area contributed by atoms with Gasteiger partial charge in [-0.1, -0.05) is 6.92 Å². The van der Waals surface area contributed by atoms with Gasteiger partial charge in [0.2, 0.25) is 5.91 Å². The number of primary amides is 1. The van der Waals surface area contributed by atoms with Gasteiger partial charge in [0.25, 0.3) is 0 Å². The van der Waals surface area contributed by atoms with Crippen LogP contribution in [0, 0.1) is 5.92 Å². The van der Waals surface area contributed by atoms with E-state index >= 15 is 0 Å². The average Bonchev–Trinajstić information content (AvgIpc) is 2.08. The molecular formula is C9H18N2O2. The maximum Gasteiger partial charge on any atom is 0.219 e. The number of piperidine rings is 1. The normalized spacial score (nSPS) is 28.7. The Morgan fingerprint density at radius 2 is 2.46 bits per heavy atom. The van der Waals surface area contributed by atoms with E-state index < -0.39 is 0 Å². The van der Waals surface area contributed by atoms with Crippen LogP contribution in [0.2, 0.25) is 0 Å². The summed E-state index contributed by atoms with van der Waals surface area (Å²) in [5.74, 6) is 0.283. The highest BCUT2D eigenvalue weighted by atomic mass is 16.5. The second kappa shape index (κ2) is 5.19. The summed E-state index contributed by atoms with van der Waals surface area (Å²) in [7, 11) is 0. The molecule has 0 bridgehead atoms. The van der Waals surface area contributed by atoms with Crippen molar-refractivity contribution in [1.29, 1.82) is 0 Å². The fourth-order valence-corrected chi connectivity index (χ4v) is 1.50. The predicted molar refractivity (Wildman–Crippen MR) is 50.2 cm³/mol. The second-order valence-electron chi connectivity index (χ2n) is 3.60. The van der Waals surface area contributed by atoms with Crippen molar-refractivity contribution in [2.45, 2.75) is 25.9 Å². The lowest BCUT2D eigenvalue weighted by molar-refractivity contribution is -0.119. The van der Waals surface area contributed by atoms with E-state index in [1.54, 1.807) is 0 Å². The van der Waals surface area contributed by atoms with Crippen LogP contribution in [0.5, 0.6) is 0 Å². The Morgan fingerprint density at radius 3 is 3.08 bits per heavy atom. The summed E-state index contributed by atoms with van der Waals surface area (Å²) in [6.07, 6.45) is 1.71. The van der Waals surface area contributed by atoms with Crippen LogP contribution < -0.4 is 11.1 Å². The van der Waals surface area contributed by atoms with E-state index in [-0.39, 0.29) is 12.0 Å². The standard InChI is InChI=1S/C9H18N2O2/c1-7-2-4-11-6-8(7)13-5-3-9(10)12/h7-8,11H,2-6H2,1H3,(H2,10,12). The summed E-state index contributed by atoms with van der Waals surface area (Å²) in [6, 6.07) is 0. The maximum absolute atomic E-state index is 10.4. The van der Waals surface area contributed by atoms with E-state index in [4.69, 9.17) is 10.5 Å². The number of carbonyl (C=O) groups is 1. The first-order chi connectivity index (χ1) is 6.20. The molecule has 0 radical (unpaired) electrons. The van der Waals surface area contributed by atoms with Crippen molar-refractivity contribution in [3.8, 4) is 0 Å². The van der Waals surface area contributed by atoms with Crippen LogP contribution in [0.4, 0.5) is 0 Å². The van der Waals surface area contributed by atoms with Gasteiger partial charge in [-0.3, -0.25) is 4.79 Å². The van der Waals surface area contributed by atoms with Gasteiger partial charge in [0.05, 0.1) is 12.7 Å². The fraction of sp³-hybridized carbons (Fsp3) is 0.889. The summed E-state index contributed by atoms with van der Waals surface area (Å²) < 4.78 is 5.54. The van der Waals surface area contributed by atoms with Gasteiger partial charge in [-0.05, 0) is 18.9 Å². The highest BCUT2D eigenvalue weighted by Gasteiger charge is 2.21. The molecule has 0 aromatic heterocycles. The Kier molecular flexibility index (Phi) is 4.18. The number of rotatable bonds is 4. The predicted octanol–water partition coefficient (Wildman–Crippen LogP) is -0.124. The monoisotopic (exact) mass is 186 g/mol. The molecule has 1 heterocycles. The van der Waals surface area contributed by atoms with Crippen LogP contribution in [-0.2, 0) is 9.53 Å². The van der Waals surface area contributed by atoms with Crippen molar-refractivity contribution in [2.75, 3.05) is 19.7 Å². The lowest BCUT2D eigenvalue weighted by atomic mass is 9.97. The minimum Gasteiger partial charge on any atom is -0.376 e. The third kappa shape index (κ3) is 3.74. The maximum atomic E-state index is 10.4. The first kappa shape index (κ1) is 10.5. The number of hydrogen-bond acceptors (Lipinski definition) is 3. The molecule has 0 aliphatic carbocycles. The number of nitrogens with two attached hydrogens (primary N) is 1. The minimum absolute atomic E-state index is 0.244. The molecule has 1 aliphatic heterocycles. The second-order valence-corrected chi connectivity index (χ2v) is 3.60. The Balaban J connectivity index is 2.15. The van der Waals surface area contributed by atoms with Crippen LogP contribution in [0.3, 0.4) is 0 Å². The Morgan fingerprint density at radius 1 is 1.69 bits per heavy atom. The van der Waals surface area contributed by atoms with Crippen molar-refractivity contribution in [3.05, 3.63) is 0 Å². The summed E-state index contributed by atoms with van der Waals surface area (Å²) in [6.45, 7) is 4.58. The molecule has 3 N–H and O–H groups in total. The van der Waals surface area contributed by atoms with Gasteiger partial charge in [0, 0.05) is 13.0 Å². The number of nitrogens with one attached hydrogen (secondary N) is 1. The first-order valence-corrected chi connectivity index (χ1v) is 4.81. The zero-order chi connectivity index (χ0) is 9.68. The zero-order valence-electron chi connectivity index (χ0n) is 8.08. The van der Waals surface area contributed by atoms with E-state index in [9.17, 15) is 4.79 Å². The molecule has 1 saturated heterocycles. The number of ether oxygens (including phenoxy) is 1. The molecular weight excluding hydrogens is 168 g/mol. The zero-order valence-corrected chi connectivity index (χ0v) is 8.08. The molecule has 76 valence electrons. The summed E-state index contributed by atoms with van der Waals surface area (Å²) in [5, 5.41) is 3.26. The Labute approximate surface area is 78.8 Å². The number of hydrogen-bond donors (Lipinski definition) is 2. The molecule has 1 rings (SSSR count). The summed E-state index contributed by atoms with van der Waals surface area (Å²) in [4.78, 5) is 10.4. The third-order valence-electron chi connectivity index (χ3n) is 2.44. The van der Waals surface area contributed by atoms with Crippen molar-refractivity contribution in [3.63, 3.8) is 0 Å². The Hall–Kier alpha value is -0.610. The average molecular weight is 186 g/mol. The molecule has 0 aromatic carbocycles. The minimum atomic E-state index is -0.295. The summed E-state index contributed by atoms with van der Waals surface area (Å²) in [5.41, 5.74) is 5.01. The molecule has 0 saturated carbocycles. The van der Waals surface area contributed by atoms with E-state index in [1.807, 2.05) is 0 Å². The van der Waals surface area contributed by atoms with Gasteiger partial charge in [0.1, 0.15) is 0 Å². The third-order valence-corrected chi connectivity index (χ3v) is 2.44. The molecule has 0 spiro atoms. The van der Waals surface area contributed by atoms with Crippen molar-refractivity contribution in [2.24, 2.45) is 11.7 Å². The fourth-order valence-electron chi connectivity index (χ4n) is 1.50. The van der Waals surface area contributed by atoms with E-state index in [0.717, 1.165) is 19.5 Å². The topological polar surface area (TPSA) is 64.3 Å². The number of carbonyl (C=O) groups excluding carboxylic acids is 1. The Bertz CT molecular complexity index is 173. The van der Waals surface area contributed by atoms with E-state index in [0.29, 0.717) is 18.9 Å². The summed E-state index contributed by atoms with van der Waals surface area (Å²) >= 11 is 0. The number of amides is 1. The van der Waals surface area contributed by atoms with Gasteiger partial charge >= 0.3 is 0 Å². The van der Waals surface area contributed by atoms with Crippen molar-refractivity contribution in [1.82, 2.24) is 5.32 Å². The molecule has 2 unspecified atom stereocenters. The first-order valence-electron chi connectivity index (χ1n) is 4.81. The largest absolute Gasteiger partial charge is 0.376 e. The van der Waals surface area contributed by atoms with Crippen LogP contribution in [0.15, 0.2) is 0 Å². The molecule has 2 atom stereocenters. The quantitative estimate of drug-likeness (QED) is 0.643. The molecule has 0 aromatic rings. The van der Waals surface area contributed by atoms with Crippen molar-refractivity contribution < 1.29 is 9.53 Å². The van der Waals surface area contributed by atoms with Crippen LogP contribution in [0.1, 0.15) is 19.8 Å². The van der Waals surface area contributed by atoms with Crippen LogP contribution >= 0.6 is 0 Å². The van der Waals surface area contributed by atoms with Gasteiger partial charge in [-0.2, -0.15) is 0 Å². The lowest BCUT2D eigenvalue weighted by Gasteiger charge is -2.29. The van der Waals surface area contributed by atoms with Gasteiger partial charge in [0.15, 0.2) is 0 Å². The van der Waals surface area contributed by atoms with Crippen LogP contribution in [-0.4, -0.2) is 31.7 Å². The molecule has 4 nitrogen and oxygen atoms in total. The molecule has 1 amide bonds. The van der Waals surface area contributed by atoms with Crippen LogP contribution in [0.25, 0.3) is 0 Å². The van der Waals surface area contributed by atoms with Gasteiger partial charge < -0.3 is 15.8 Å². The lowest BCUT2D eigenvalue weighted by Crippen LogP contribution is -2.41. The molecule has 4 heteroatoms. The molecule has 1 fully saturated rings. The molecule has 13 heavy (non-hydrogen) atoms. The van der Waals surface area contributed by atoms with Crippen molar-refractivity contribution >= 4 is 5.91 Å². The van der Waals surface area contributed by atoms with Gasteiger partial charge in [-0.25, -0.2) is 0 Å². The SMILES string of the molecule is CC1CCNCC1OCCC(N)=O. The highest BCUT2D eigenvalue weighted by Crippen LogP contribution is 2.14. The van der Waals surface area contributed by atoms with E-state index in [1.165, 1.54) is 0 Å². The highest BCUT2D eigenvalue weighted by molar-refractivity contribution is 5.73. The van der Waals surface area contributed by atoms with Gasteiger partial charge in [-0.15, -0.1) is 0 Å². The smallest absolute Gasteiger partial charge is 0.219 e.